The van der Waals surface area contributed by atoms with Crippen molar-refractivity contribution in [3.05, 3.63) is 57.0 Å². The van der Waals surface area contributed by atoms with Crippen LogP contribution in [0.5, 0.6) is 0 Å². The van der Waals surface area contributed by atoms with Crippen molar-refractivity contribution < 1.29 is 0 Å². The molecule has 0 fully saturated rings. The van der Waals surface area contributed by atoms with E-state index in [1.165, 1.54) is 0 Å². The Kier molecular flexibility index (Phi) is 4.37. The molecule has 0 aromatic heterocycles. The predicted molar refractivity (Wildman–Crippen MR) is 79.5 cm³/mol. The minimum Gasteiger partial charge on any atom is -0.0876 e. The van der Waals surface area contributed by atoms with Gasteiger partial charge in [-0.1, -0.05) is 62.9 Å². The second-order valence-electron chi connectivity index (χ2n) is 3.56. The first-order valence-corrected chi connectivity index (χ1v) is 7.17. The Labute approximate surface area is 124 Å². The first-order chi connectivity index (χ1) is 8.11. The van der Waals surface area contributed by atoms with Crippen LogP contribution in [-0.4, -0.2) is 0 Å². The lowest BCUT2D eigenvalue weighted by Crippen LogP contribution is -1.86. The van der Waals surface area contributed by atoms with Crippen LogP contribution in [0.4, 0.5) is 0 Å². The molecule has 0 N–H and O–H groups in total. The number of hydrogen-bond acceptors (Lipinski definition) is 0. The Hall–Kier alpha value is -0.210. The maximum Gasteiger partial charge on any atom is 0.0598 e. The van der Waals surface area contributed by atoms with Gasteiger partial charge in [0, 0.05) is 10.4 Å². The van der Waals surface area contributed by atoms with E-state index in [1.54, 1.807) is 6.07 Å². The maximum absolute atomic E-state index is 6.02. The average molecular weight is 350 g/mol. The van der Waals surface area contributed by atoms with E-state index in [2.05, 4.69) is 15.9 Å². The number of rotatable bonds is 2. The lowest BCUT2D eigenvalue weighted by molar-refractivity contribution is 1.43. The smallest absolute Gasteiger partial charge is 0.0598 e. The largest absolute Gasteiger partial charge is 0.0876 e. The van der Waals surface area contributed by atoms with Crippen LogP contribution in [0.3, 0.4) is 0 Å². The summed E-state index contributed by atoms with van der Waals surface area (Å²) in [7, 11) is 0. The number of alkyl halides is 1. The molecule has 0 saturated heterocycles. The Bertz CT molecular complexity index is 552. The summed E-state index contributed by atoms with van der Waals surface area (Å²) in [5.74, 6) is 0. The highest BCUT2D eigenvalue weighted by Crippen LogP contribution is 2.32. The lowest BCUT2D eigenvalue weighted by Gasteiger charge is -2.09. The normalized spacial score (nSPS) is 10.6. The van der Waals surface area contributed by atoms with Gasteiger partial charge in [-0.25, -0.2) is 0 Å². The summed E-state index contributed by atoms with van der Waals surface area (Å²) in [5.41, 5.74) is 3.23. The molecule has 0 atom stereocenters. The van der Waals surface area contributed by atoms with Crippen LogP contribution in [0.2, 0.25) is 15.1 Å². The van der Waals surface area contributed by atoms with E-state index in [0.29, 0.717) is 15.1 Å². The standard InChI is InChI=1S/C13H8BrCl3/c14-7-9-1-3-10(15)6-11(9)8-2-4-12(16)13(17)5-8/h1-6H,7H2. The van der Waals surface area contributed by atoms with Gasteiger partial charge >= 0.3 is 0 Å². The zero-order valence-electron chi connectivity index (χ0n) is 8.68. The molecule has 0 spiro atoms. The highest BCUT2D eigenvalue weighted by Gasteiger charge is 2.07. The van der Waals surface area contributed by atoms with Gasteiger partial charge in [0.05, 0.1) is 10.0 Å². The molecule has 0 heterocycles. The molecule has 4 heteroatoms. The summed E-state index contributed by atoms with van der Waals surface area (Å²) in [6.45, 7) is 0. The van der Waals surface area contributed by atoms with Gasteiger partial charge in [0.25, 0.3) is 0 Å². The highest BCUT2D eigenvalue weighted by atomic mass is 79.9. The Morgan fingerprint density at radius 2 is 1.65 bits per heavy atom. The zero-order valence-corrected chi connectivity index (χ0v) is 12.5. The van der Waals surface area contributed by atoms with Gasteiger partial charge < -0.3 is 0 Å². The van der Waals surface area contributed by atoms with Gasteiger partial charge in [-0.15, -0.1) is 0 Å². The van der Waals surface area contributed by atoms with Gasteiger partial charge in [-0.3, -0.25) is 0 Å². The second kappa shape index (κ2) is 5.62. The summed E-state index contributed by atoms with van der Waals surface area (Å²) >= 11 is 21.4. The van der Waals surface area contributed by atoms with E-state index in [-0.39, 0.29) is 0 Å². The summed E-state index contributed by atoms with van der Waals surface area (Å²) in [4.78, 5) is 0. The molecule has 0 radical (unpaired) electrons. The van der Waals surface area contributed by atoms with Crippen molar-refractivity contribution in [1.82, 2.24) is 0 Å². The molecule has 0 saturated carbocycles. The van der Waals surface area contributed by atoms with Gasteiger partial charge in [-0.2, -0.15) is 0 Å². The Morgan fingerprint density at radius 1 is 0.882 bits per heavy atom. The van der Waals surface area contributed by atoms with Crippen molar-refractivity contribution in [2.75, 3.05) is 0 Å². The molecule has 0 nitrogen and oxygen atoms in total. The second-order valence-corrected chi connectivity index (χ2v) is 5.38. The third-order valence-electron chi connectivity index (χ3n) is 2.45. The third kappa shape index (κ3) is 2.97. The van der Waals surface area contributed by atoms with Crippen LogP contribution in [-0.2, 0) is 5.33 Å². The Morgan fingerprint density at radius 3 is 2.29 bits per heavy atom. The van der Waals surface area contributed by atoms with Crippen molar-refractivity contribution >= 4 is 50.7 Å². The van der Waals surface area contributed by atoms with Crippen molar-refractivity contribution in [1.29, 1.82) is 0 Å². The third-order valence-corrected chi connectivity index (χ3v) is 4.02. The van der Waals surface area contributed by atoms with Crippen LogP contribution >= 0.6 is 50.7 Å². The van der Waals surface area contributed by atoms with Crippen LogP contribution in [0.1, 0.15) is 5.56 Å². The van der Waals surface area contributed by atoms with Crippen LogP contribution in [0.15, 0.2) is 36.4 Å². The monoisotopic (exact) mass is 348 g/mol. The molecule has 2 aromatic rings. The fourth-order valence-corrected chi connectivity index (χ4v) is 2.56. The van der Waals surface area contributed by atoms with Crippen molar-refractivity contribution in [3.8, 4) is 11.1 Å². The molecular formula is C13H8BrCl3. The summed E-state index contributed by atoms with van der Waals surface area (Å²) < 4.78 is 0. The molecule has 88 valence electrons. The molecule has 17 heavy (non-hydrogen) atoms. The molecule has 0 aliphatic heterocycles. The van der Waals surface area contributed by atoms with E-state index in [9.17, 15) is 0 Å². The van der Waals surface area contributed by atoms with Crippen molar-refractivity contribution in [3.63, 3.8) is 0 Å². The van der Waals surface area contributed by atoms with E-state index in [1.807, 2.05) is 30.3 Å². The SMILES string of the molecule is Clc1ccc(CBr)c(-c2ccc(Cl)c(Cl)c2)c1. The number of halogens is 4. The molecular weight excluding hydrogens is 342 g/mol. The van der Waals surface area contributed by atoms with E-state index < -0.39 is 0 Å². The predicted octanol–water partition coefficient (Wildman–Crippen LogP) is 6.21. The van der Waals surface area contributed by atoms with E-state index in [4.69, 9.17) is 34.8 Å². The first-order valence-electron chi connectivity index (χ1n) is 4.91. The molecule has 2 aromatic carbocycles. The number of benzene rings is 2. The minimum atomic E-state index is 0.546. The first kappa shape index (κ1) is 13.2. The van der Waals surface area contributed by atoms with Crippen molar-refractivity contribution in [2.24, 2.45) is 0 Å². The van der Waals surface area contributed by atoms with Crippen LogP contribution < -0.4 is 0 Å². The molecule has 0 aliphatic rings. The van der Waals surface area contributed by atoms with Gasteiger partial charge in [0.1, 0.15) is 0 Å². The summed E-state index contributed by atoms with van der Waals surface area (Å²) in [6.07, 6.45) is 0. The molecule has 0 bridgehead atoms. The fraction of sp³-hybridized carbons (Fsp3) is 0.0769. The van der Waals surface area contributed by atoms with Crippen LogP contribution in [0, 0.1) is 0 Å². The minimum absolute atomic E-state index is 0.546. The van der Waals surface area contributed by atoms with Gasteiger partial charge in [0.2, 0.25) is 0 Å². The van der Waals surface area contributed by atoms with E-state index >= 15 is 0 Å². The Balaban J connectivity index is 2.58. The van der Waals surface area contributed by atoms with Crippen LogP contribution in [0.25, 0.3) is 11.1 Å². The zero-order chi connectivity index (χ0) is 12.4. The lowest BCUT2D eigenvalue weighted by atomic mass is 10.0. The van der Waals surface area contributed by atoms with Gasteiger partial charge in [0.15, 0.2) is 0 Å². The van der Waals surface area contributed by atoms with Crippen molar-refractivity contribution in [2.45, 2.75) is 5.33 Å². The average Bonchev–Trinajstić information content (AvgIpc) is 2.32. The topological polar surface area (TPSA) is 0 Å². The highest BCUT2D eigenvalue weighted by molar-refractivity contribution is 9.08. The molecule has 2 rings (SSSR count). The van der Waals surface area contributed by atoms with Gasteiger partial charge in [-0.05, 0) is 41.0 Å². The maximum atomic E-state index is 6.02. The quantitative estimate of drug-likeness (QED) is 0.565. The summed E-state index contributed by atoms with van der Waals surface area (Å²) in [6, 6.07) is 11.4. The molecule has 0 aliphatic carbocycles. The molecule has 0 unspecified atom stereocenters. The summed E-state index contributed by atoms with van der Waals surface area (Å²) in [5, 5.41) is 2.57. The molecule has 0 amide bonds. The van der Waals surface area contributed by atoms with E-state index in [0.717, 1.165) is 22.0 Å². The fourth-order valence-electron chi connectivity index (χ4n) is 1.60. The number of hydrogen-bond donors (Lipinski definition) is 0.